The van der Waals surface area contributed by atoms with Crippen molar-refractivity contribution in [3.05, 3.63) is 83.4 Å². The molecule has 0 saturated heterocycles. The maximum atomic E-state index is 3.70. The lowest BCUT2D eigenvalue weighted by Crippen LogP contribution is -1.90. The Labute approximate surface area is 162 Å². The van der Waals surface area contributed by atoms with Crippen LogP contribution in [-0.2, 0) is 0 Å². The fraction of sp³-hybridized carbons (Fsp3) is 0.130. The van der Waals surface area contributed by atoms with Gasteiger partial charge in [0.25, 0.3) is 0 Å². The molecule has 26 heavy (non-hydrogen) atoms. The molecule has 0 amide bonds. The van der Waals surface area contributed by atoms with Gasteiger partial charge in [0.05, 0.1) is 10.3 Å². The van der Waals surface area contributed by atoms with Gasteiger partial charge in [-0.05, 0) is 54.8 Å². The second-order valence-electron chi connectivity index (χ2n) is 6.77. The molecule has 1 aliphatic heterocycles. The first-order valence-electron chi connectivity index (χ1n) is 8.81. The second kappa shape index (κ2) is 6.26. The molecule has 2 heterocycles. The van der Waals surface area contributed by atoms with E-state index < -0.39 is 0 Å². The number of thioether (sulfide) groups is 2. The van der Waals surface area contributed by atoms with Crippen molar-refractivity contribution >= 4 is 34.4 Å². The molecule has 3 aromatic carbocycles. The van der Waals surface area contributed by atoms with Crippen LogP contribution in [0, 0.1) is 13.8 Å². The third kappa shape index (κ3) is 2.58. The van der Waals surface area contributed by atoms with E-state index in [0.717, 1.165) is 0 Å². The summed E-state index contributed by atoms with van der Waals surface area (Å²) < 4.78 is 0.375. The first-order valence-corrected chi connectivity index (χ1v) is 10.6. The molecule has 0 fully saturated rings. The number of hydrogen-bond donors (Lipinski definition) is 1. The summed E-state index contributed by atoms with van der Waals surface area (Å²) in [5, 5.41) is 1.33. The number of aromatic amines is 1. The zero-order chi connectivity index (χ0) is 17.7. The number of para-hydroxylation sites is 1. The highest BCUT2D eigenvalue weighted by Crippen LogP contribution is 2.59. The lowest BCUT2D eigenvalue weighted by molar-refractivity contribution is 1.27. The minimum atomic E-state index is 0.375. The van der Waals surface area contributed by atoms with Gasteiger partial charge in [0.1, 0.15) is 0 Å². The van der Waals surface area contributed by atoms with E-state index in [9.17, 15) is 0 Å². The minimum Gasteiger partial charge on any atom is -0.354 e. The molecule has 1 nitrogen and oxygen atoms in total. The fourth-order valence-corrected chi connectivity index (χ4v) is 6.52. The molecule has 3 heteroatoms. The quantitative estimate of drug-likeness (QED) is 0.395. The summed E-state index contributed by atoms with van der Waals surface area (Å²) in [6.45, 7) is 4.36. The average molecular weight is 374 g/mol. The first-order chi connectivity index (χ1) is 12.7. The third-order valence-electron chi connectivity index (χ3n) is 5.09. The van der Waals surface area contributed by atoms with Crippen molar-refractivity contribution in [3.8, 4) is 11.3 Å². The van der Waals surface area contributed by atoms with Gasteiger partial charge in [-0.2, -0.15) is 0 Å². The van der Waals surface area contributed by atoms with Crippen LogP contribution in [0.15, 0.2) is 76.5 Å². The average Bonchev–Trinajstić information content (AvgIpc) is 3.24. The van der Waals surface area contributed by atoms with E-state index in [0.29, 0.717) is 4.58 Å². The molecule has 0 saturated carbocycles. The van der Waals surface area contributed by atoms with Gasteiger partial charge in [-0.15, -0.1) is 23.5 Å². The predicted molar refractivity (Wildman–Crippen MR) is 114 cm³/mol. The van der Waals surface area contributed by atoms with Crippen LogP contribution < -0.4 is 0 Å². The van der Waals surface area contributed by atoms with Crippen molar-refractivity contribution in [2.24, 2.45) is 0 Å². The van der Waals surface area contributed by atoms with Gasteiger partial charge in [0.2, 0.25) is 0 Å². The molecular weight excluding hydrogens is 354 g/mol. The molecule has 4 aromatic rings. The van der Waals surface area contributed by atoms with Gasteiger partial charge >= 0.3 is 0 Å². The molecule has 0 atom stereocenters. The van der Waals surface area contributed by atoms with Crippen molar-refractivity contribution in [2.45, 2.75) is 28.2 Å². The van der Waals surface area contributed by atoms with Crippen molar-refractivity contribution in [2.75, 3.05) is 0 Å². The monoisotopic (exact) mass is 373 g/mol. The Balaban J connectivity index is 1.70. The zero-order valence-corrected chi connectivity index (χ0v) is 16.4. The molecule has 1 aromatic heterocycles. The van der Waals surface area contributed by atoms with Gasteiger partial charge in [0, 0.05) is 26.3 Å². The molecule has 0 radical (unpaired) electrons. The van der Waals surface area contributed by atoms with E-state index in [1.54, 1.807) is 0 Å². The van der Waals surface area contributed by atoms with E-state index >= 15 is 0 Å². The van der Waals surface area contributed by atoms with Crippen LogP contribution in [-0.4, -0.2) is 4.98 Å². The molecule has 1 N–H and O–H groups in total. The molecule has 128 valence electrons. The highest BCUT2D eigenvalue weighted by atomic mass is 32.2. The van der Waals surface area contributed by atoms with Crippen LogP contribution in [0.1, 0.15) is 21.3 Å². The molecular formula is C23H19NS2. The van der Waals surface area contributed by atoms with Crippen LogP contribution >= 0.6 is 23.5 Å². The minimum absolute atomic E-state index is 0.375. The summed E-state index contributed by atoms with van der Waals surface area (Å²) in [7, 11) is 0. The van der Waals surface area contributed by atoms with Crippen molar-refractivity contribution in [1.29, 1.82) is 0 Å². The standard InChI is InChI=1S/C23H19NS2/c1-14-11-12-16(13-15(14)2)22-21(17-7-3-4-8-18(17)24-22)23-25-19-9-5-6-10-20(19)26-23/h3-13,23-24H,1-2H3. The summed E-state index contributed by atoms with van der Waals surface area (Å²) in [6, 6.07) is 24.2. The highest BCUT2D eigenvalue weighted by molar-refractivity contribution is 8.19. The second-order valence-corrected chi connectivity index (χ2v) is 9.36. The molecule has 0 bridgehead atoms. The third-order valence-corrected chi connectivity index (χ3v) is 7.92. The number of H-pyrrole nitrogens is 1. The number of benzene rings is 3. The topological polar surface area (TPSA) is 15.8 Å². The molecule has 0 aliphatic carbocycles. The summed E-state index contributed by atoms with van der Waals surface area (Å²) in [5.41, 5.74) is 7.83. The van der Waals surface area contributed by atoms with E-state index in [1.165, 1.54) is 48.6 Å². The van der Waals surface area contributed by atoms with Gasteiger partial charge in [0.15, 0.2) is 0 Å². The van der Waals surface area contributed by atoms with E-state index in [1.807, 2.05) is 23.5 Å². The number of fused-ring (bicyclic) bond motifs is 2. The predicted octanol–water partition coefficient (Wildman–Crippen LogP) is 7.35. The Bertz CT molecular complexity index is 1100. The van der Waals surface area contributed by atoms with Crippen LogP contribution in [0.2, 0.25) is 0 Å². The molecule has 0 spiro atoms. The zero-order valence-electron chi connectivity index (χ0n) is 14.7. The lowest BCUT2D eigenvalue weighted by atomic mass is 10.0. The molecule has 5 rings (SSSR count). The fourth-order valence-electron chi connectivity index (χ4n) is 3.55. The first kappa shape index (κ1) is 16.1. The van der Waals surface area contributed by atoms with Gasteiger partial charge < -0.3 is 4.98 Å². The Hall–Kier alpha value is -2.10. The van der Waals surface area contributed by atoms with Gasteiger partial charge in [-0.1, -0.05) is 42.5 Å². The maximum Gasteiger partial charge on any atom is 0.0873 e. The van der Waals surface area contributed by atoms with Crippen LogP contribution in [0.3, 0.4) is 0 Å². The van der Waals surface area contributed by atoms with E-state index in [2.05, 4.69) is 85.6 Å². The SMILES string of the molecule is Cc1ccc(-c2[nH]c3ccccc3c2C2Sc3ccccc3S2)cc1C. The van der Waals surface area contributed by atoms with Crippen LogP contribution in [0.25, 0.3) is 22.2 Å². The Morgan fingerprint density at radius 2 is 1.46 bits per heavy atom. The van der Waals surface area contributed by atoms with E-state index in [-0.39, 0.29) is 0 Å². The molecule has 1 aliphatic rings. The van der Waals surface area contributed by atoms with Crippen LogP contribution in [0.4, 0.5) is 0 Å². The summed E-state index contributed by atoms with van der Waals surface area (Å²) in [4.78, 5) is 6.48. The Morgan fingerprint density at radius 1 is 0.769 bits per heavy atom. The Kier molecular flexibility index (Phi) is 3.87. The maximum absolute atomic E-state index is 3.70. The van der Waals surface area contributed by atoms with E-state index in [4.69, 9.17) is 0 Å². The van der Waals surface area contributed by atoms with Crippen molar-refractivity contribution in [3.63, 3.8) is 0 Å². The van der Waals surface area contributed by atoms with Gasteiger partial charge in [-0.3, -0.25) is 0 Å². The summed E-state index contributed by atoms with van der Waals surface area (Å²) in [5.74, 6) is 0. The van der Waals surface area contributed by atoms with Gasteiger partial charge in [-0.25, -0.2) is 0 Å². The summed E-state index contributed by atoms with van der Waals surface area (Å²) in [6.07, 6.45) is 0. The number of hydrogen-bond acceptors (Lipinski definition) is 2. The highest BCUT2D eigenvalue weighted by Gasteiger charge is 2.29. The molecule has 0 unspecified atom stereocenters. The smallest absolute Gasteiger partial charge is 0.0873 e. The Morgan fingerprint density at radius 3 is 2.19 bits per heavy atom. The number of aromatic nitrogens is 1. The van der Waals surface area contributed by atoms with Crippen molar-refractivity contribution < 1.29 is 0 Å². The summed E-state index contributed by atoms with van der Waals surface area (Å²) >= 11 is 3.94. The number of nitrogens with one attached hydrogen (secondary N) is 1. The largest absolute Gasteiger partial charge is 0.354 e. The van der Waals surface area contributed by atoms with Crippen LogP contribution in [0.5, 0.6) is 0 Å². The lowest BCUT2D eigenvalue weighted by Gasteiger charge is -2.12. The number of aryl methyl sites for hydroxylation is 2. The normalized spacial score (nSPS) is 14.1. The van der Waals surface area contributed by atoms with Crippen molar-refractivity contribution in [1.82, 2.24) is 4.98 Å². The number of rotatable bonds is 2.